The zero-order chi connectivity index (χ0) is 38.3. The highest BCUT2D eigenvalue weighted by atomic mass is 35.5. The maximum absolute atomic E-state index is 14.5. The number of fused-ring (bicyclic) bond motifs is 1. The molecule has 0 spiro atoms. The number of ether oxygens (including phenoxy) is 1. The lowest BCUT2D eigenvalue weighted by Gasteiger charge is -2.24. The Bertz CT molecular complexity index is 2230. The zero-order valence-corrected chi connectivity index (χ0v) is 29.2. The van der Waals surface area contributed by atoms with Gasteiger partial charge in [0.05, 0.1) is 16.9 Å². The lowest BCUT2D eigenvalue weighted by Crippen LogP contribution is -2.32. The number of hydrogen-bond donors (Lipinski definition) is 4. The molecule has 3 aromatic carbocycles. The van der Waals surface area contributed by atoms with Crippen molar-refractivity contribution in [1.82, 2.24) is 25.1 Å². The van der Waals surface area contributed by atoms with Gasteiger partial charge in [0.2, 0.25) is 12.0 Å². The van der Waals surface area contributed by atoms with Gasteiger partial charge in [0, 0.05) is 33.3 Å². The van der Waals surface area contributed by atoms with E-state index in [1.165, 1.54) is 22.9 Å². The van der Waals surface area contributed by atoms with Gasteiger partial charge in [-0.15, -0.1) is 11.3 Å². The van der Waals surface area contributed by atoms with Gasteiger partial charge >= 0.3 is 18.1 Å². The number of nitrogens with zero attached hydrogens (tertiary/aromatic N) is 4. The average molecular weight is 767 g/mol. The molecule has 0 bridgehead atoms. The van der Waals surface area contributed by atoms with Crippen LogP contribution in [0, 0.1) is 6.92 Å². The number of nitrogens with two attached hydrogens (primary N) is 1. The number of aliphatic carboxylic acids is 2. The van der Waals surface area contributed by atoms with E-state index < -0.39 is 30.3 Å². The number of hydrogen-bond acceptors (Lipinski definition) is 9. The quantitative estimate of drug-likeness (QED) is 0.112. The molecule has 0 aliphatic carbocycles. The van der Waals surface area contributed by atoms with E-state index in [-0.39, 0.29) is 41.0 Å². The predicted molar refractivity (Wildman–Crippen MR) is 191 cm³/mol. The molecule has 0 saturated carbocycles. The van der Waals surface area contributed by atoms with Gasteiger partial charge in [0.25, 0.3) is 5.91 Å². The second kappa shape index (κ2) is 16.7. The van der Waals surface area contributed by atoms with Gasteiger partial charge in [-0.25, -0.2) is 14.6 Å². The molecular formula is C36H30ClF3N6O6S. The highest BCUT2D eigenvalue weighted by Gasteiger charge is 2.45. The van der Waals surface area contributed by atoms with Gasteiger partial charge in [0.1, 0.15) is 23.6 Å². The van der Waals surface area contributed by atoms with Crippen molar-refractivity contribution in [1.29, 1.82) is 0 Å². The fourth-order valence-corrected chi connectivity index (χ4v) is 6.16. The summed E-state index contributed by atoms with van der Waals surface area (Å²) in [5, 5.41) is 25.8. The van der Waals surface area contributed by atoms with E-state index in [0.29, 0.717) is 27.0 Å². The van der Waals surface area contributed by atoms with E-state index in [9.17, 15) is 27.6 Å². The number of carboxylic acids is 2. The topological polar surface area (TPSA) is 183 Å². The highest BCUT2D eigenvalue weighted by Crippen LogP contribution is 2.43. The molecule has 2 atom stereocenters. The molecule has 0 fully saturated rings. The summed E-state index contributed by atoms with van der Waals surface area (Å²) in [6.45, 7) is 1.37. The molecule has 12 nitrogen and oxygen atoms in total. The van der Waals surface area contributed by atoms with Crippen LogP contribution in [0.4, 0.5) is 13.2 Å². The number of aromatic nitrogens is 4. The number of thiophene rings is 1. The van der Waals surface area contributed by atoms with E-state index in [1.807, 2.05) is 0 Å². The van der Waals surface area contributed by atoms with E-state index >= 15 is 0 Å². The van der Waals surface area contributed by atoms with Gasteiger partial charge in [-0.1, -0.05) is 60.1 Å². The normalized spacial score (nSPS) is 12.3. The zero-order valence-electron chi connectivity index (χ0n) is 27.6. The number of amides is 1. The Labute approximate surface area is 308 Å². The van der Waals surface area contributed by atoms with Gasteiger partial charge in [0.15, 0.2) is 0 Å². The summed E-state index contributed by atoms with van der Waals surface area (Å²) in [6, 6.07) is 20.2. The molecule has 6 rings (SSSR count). The second-order valence-corrected chi connectivity index (χ2v) is 12.8. The number of carbonyl (C=O) groups excluding carboxylic acids is 1. The molecule has 0 aliphatic rings. The Kier molecular flexibility index (Phi) is 12.1. The minimum atomic E-state index is -4.80. The van der Waals surface area contributed by atoms with E-state index in [4.69, 9.17) is 32.3 Å². The van der Waals surface area contributed by atoms with Crippen molar-refractivity contribution in [2.45, 2.75) is 31.7 Å². The third-order valence-electron chi connectivity index (χ3n) is 7.57. The van der Waals surface area contributed by atoms with Gasteiger partial charge in [-0.05, 0) is 54.8 Å². The summed E-state index contributed by atoms with van der Waals surface area (Å²) >= 11 is 7.28. The Morgan fingerprint density at radius 1 is 1.02 bits per heavy atom. The molecule has 53 heavy (non-hydrogen) atoms. The molecule has 0 saturated heterocycles. The first kappa shape index (κ1) is 38.4. The smallest absolute Gasteiger partial charge is 0.429 e. The summed E-state index contributed by atoms with van der Waals surface area (Å²) in [4.78, 5) is 40.7. The Morgan fingerprint density at radius 3 is 2.36 bits per heavy atom. The standard InChI is InChI=1S/C27H21ClF3N5O3S.C9H9NO3/c1-14-8-9-36(35-14)21-11-17(28)6-7-18(21)24(27(29,30)31)39-25-23-22(33-13-34-25)19(12-40-23)16-4-2-15(3-5-16)10-20(32)26(37)38;11-8(12)6-10-9(13)7-4-2-1-3-5-7/h2-9,11-13,20,24H,10,32H2,1H3,(H,37,38);1-5H,6H2,(H,10,13)(H,11,12). The van der Waals surface area contributed by atoms with Crippen LogP contribution in [0.3, 0.4) is 0 Å². The fourth-order valence-electron chi connectivity index (χ4n) is 5.03. The molecule has 0 aliphatic heterocycles. The van der Waals surface area contributed by atoms with Crippen LogP contribution in [0.15, 0.2) is 96.8 Å². The molecular weight excluding hydrogens is 737 g/mol. The number of halogens is 4. The summed E-state index contributed by atoms with van der Waals surface area (Å²) in [7, 11) is 0. The van der Waals surface area contributed by atoms with Crippen LogP contribution in [0.25, 0.3) is 27.0 Å². The number of carboxylic acid groups (broad SMARTS) is 2. The number of aryl methyl sites for hydroxylation is 1. The number of nitrogens with one attached hydrogen (secondary N) is 1. The van der Waals surface area contributed by atoms with Crippen LogP contribution in [-0.4, -0.2) is 66.6 Å². The molecule has 6 aromatic rings. The third-order valence-corrected chi connectivity index (χ3v) is 8.76. The molecule has 3 heterocycles. The summed E-state index contributed by atoms with van der Waals surface area (Å²) in [5.74, 6) is -2.74. The van der Waals surface area contributed by atoms with E-state index in [0.717, 1.165) is 28.8 Å². The monoisotopic (exact) mass is 766 g/mol. The van der Waals surface area contributed by atoms with Crippen molar-refractivity contribution in [3.8, 4) is 22.7 Å². The minimum absolute atomic E-state index is 0.128. The lowest BCUT2D eigenvalue weighted by molar-refractivity contribution is -0.198. The molecule has 17 heteroatoms. The fraction of sp³-hybridized carbons (Fsp3) is 0.167. The van der Waals surface area contributed by atoms with Gasteiger partial charge in [-0.2, -0.15) is 18.3 Å². The van der Waals surface area contributed by atoms with Crippen LogP contribution < -0.4 is 15.8 Å². The highest BCUT2D eigenvalue weighted by molar-refractivity contribution is 7.18. The Hall–Kier alpha value is -5.84. The van der Waals surface area contributed by atoms with Crippen molar-refractivity contribution in [3.63, 3.8) is 0 Å². The maximum atomic E-state index is 14.5. The maximum Gasteiger partial charge on any atom is 0.429 e. The van der Waals surface area contributed by atoms with Crippen molar-refractivity contribution >= 4 is 51.0 Å². The van der Waals surface area contributed by atoms with Crippen molar-refractivity contribution in [3.05, 3.63) is 124 Å². The van der Waals surface area contributed by atoms with Crippen LogP contribution >= 0.6 is 22.9 Å². The molecule has 5 N–H and O–H groups in total. The van der Waals surface area contributed by atoms with Crippen molar-refractivity contribution < 1.29 is 42.5 Å². The molecule has 1 amide bonds. The summed E-state index contributed by atoms with van der Waals surface area (Å²) in [5.41, 5.74) is 9.21. The van der Waals surface area contributed by atoms with E-state index in [1.54, 1.807) is 79.2 Å². The Morgan fingerprint density at radius 2 is 1.74 bits per heavy atom. The average Bonchev–Trinajstić information content (AvgIpc) is 3.77. The lowest BCUT2D eigenvalue weighted by atomic mass is 10.0. The molecule has 274 valence electrons. The first-order valence-corrected chi connectivity index (χ1v) is 16.9. The molecule has 3 aromatic heterocycles. The summed E-state index contributed by atoms with van der Waals surface area (Å²) < 4.78 is 50.7. The van der Waals surface area contributed by atoms with Gasteiger partial charge < -0.3 is 26.0 Å². The second-order valence-electron chi connectivity index (χ2n) is 11.4. The van der Waals surface area contributed by atoms with Crippen LogP contribution in [0.1, 0.15) is 33.3 Å². The first-order valence-electron chi connectivity index (χ1n) is 15.6. The van der Waals surface area contributed by atoms with Crippen molar-refractivity contribution in [2.24, 2.45) is 5.73 Å². The summed E-state index contributed by atoms with van der Waals surface area (Å²) in [6.07, 6.45) is -4.31. The number of alkyl halides is 3. The number of carbonyl (C=O) groups is 3. The van der Waals surface area contributed by atoms with E-state index in [2.05, 4.69) is 20.4 Å². The van der Waals surface area contributed by atoms with Crippen molar-refractivity contribution in [2.75, 3.05) is 6.54 Å². The SMILES string of the molecule is Cc1ccn(-c2cc(Cl)ccc2C(Oc2ncnc3c(-c4ccc(CC(N)C(=O)O)cc4)csc23)C(F)(F)F)n1.O=C(O)CNC(=O)c1ccccc1. The van der Waals surface area contributed by atoms with Gasteiger partial charge in [-0.3, -0.25) is 14.4 Å². The number of benzene rings is 3. The first-order chi connectivity index (χ1) is 25.2. The Balaban J connectivity index is 0.000000352. The predicted octanol–water partition coefficient (Wildman–Crippen LogP) is 6.64. The molecule has 0 radical (unpaired) electrons. The third kappa shape index (κ3) is 9.73. The largest absolute Gasteiger partial charge is 0.480 e. The van der Waals surface area contributed by atoms with Crippen LogP contribution in [-0.2, 0) is 16.0 Å². The van der Waals surface area contributed by atoms with Crippen LogP contribution in [0.2, 0.25) is 5.02 Å². The van der Waals surface area contributed by atoms with Crippen LogP contribution in [0.5, 0.6) is 5.88 Å². The molecule has 2 unspecified atom stereocenters. The number of rotatable bonds is 11. The minimum Gasteiger partial charge on any atom is -0.480 e.